The van der Waals surface area contributed by atoms with Gasteiger partial charge in [-0.3, -0.25) is 4.79 Å². The van der Waals surface area contributed by atoms with E-state index in [4.69, 9.17) is 0 Å². The van der Waals surface area contributed by atoms with Gasteiger partial charge in [0.1, 0.15) is 0 Å². The van der Waals surface area contributed by atoms with Gasteiger partial charge < -0.3 is 20.0 Å². The van der Waals surface area contributed by atoms with Gasteiger partial charge in [0.05, 0.1) is 17.3 Å². The molecule has 1 amide bonds. The molecule has 2 aliphatic heterocycles. The van der Waals surface area contributed by atoms with E-state index in [1.54, 1.807) is 0 Å². The number of hydrogen-bond acceptors (Lipinski definition) is 4. The molecule has 11 heteroatoms. The van der Waals surface area contributed by atoms with Gasteiger partial charge in [0.15, 0.2) is 17.5 Å². The third-order valence-electron chi connectivity index (χ3n) is 7.71. The van der Waals surface area contributed by atoms with Crippen LogP contribution in [0, 0.1) is 17.5 Å². The van der Waals surface area contributed by atoms with Crippen LogP contribution in [0.15, 0.2) is 42.5 Å². The maximum Gasteiger partial charge on any atom is 0.416 e. The van der Waals surface area contributed by atoms with E-state index in [-0.39, 0.29) is 44.0 Å². The second-order valence-corrected chi connectivity index (χ2v) is 10.3. The predicted octanol–water partition coefficient (Wildman–Crippen LogP) is 4.73. The van der Waals surface area contributed by atoms with Crippen LogP contribution in [0.25, 0.3) is 6.08 Å². The van der Waals surface area contributed by atoms with Crippen LogP contribution in [0.5, 0.6) is 0 Å². The van der Waals surface area contributed by atoms with Crippen molar-refractivity contribution >= 4 is 12.0 Å². The molecule has 0 radical (unpaired) electrons. The topological polar surface area (TPSA) is 64.0 Å². The van der Waals surface area contributed by atoms with Crippen molar-refractivity contribution in [1.82, 2.24) is 9.80 Å². The van der Waals surface area contributed by atoms with Crippen LogP contribution in [0.1, 0.15) is 48.3 Å². The molecular weight excluding hydrogens is 526 g/mol. The van der Waals surface area contributed by atoms with E-state index in [9.17, 15) is 41.4 Å². The van der Waals surface area contributed by atoms with E-state index in [0.29, 0.717) is 25.9 Å². The summed E-state index contributed by atoms with van der Waals surface area (Å²) in [6.45, 7) is 1.81. The van der Waals surface area contributed by atoms with Gasteiger partial charge in [0.25, 0.3) is 0 Å². The Balaban J connectivity index is 1.24. The normalized spacial score (nSPS) is 19.9. The maximum atomic E-state index is 13.4. The lowest BCUT2D eigenvalue weighted by Gasteiger charge is -2.43. The van der Waals surface area contributed by atoms with Crippen molar-refractivity contribution in [3.63, 3.8) is 0 Å². The van der Waals surface area contributed by atoms with E-state index in [1.165, 1.54) is 23.1 Å². The molecule has 2 fully saturated rings. The maximum absolute atomic E-state index is 13.4. The summed E-state index contributed by atoms with van der Waals surface area (Å²) in [7, 11) is 0. The van der Waals surface area contributed by atoms with Crippen LogP contribution in [0.3, 0.4) is 0 Å². The van der Waals surface area contributed by atoms with Gasteiger partial charge in [-0.2, -0.15) is 13.2 Å². The molecule has 39 heavy (non-hydrogen) atoms. The monoisotopic (exact) mass is 556 g/mol. The lowest BCUT2D eigenvalue weighted by molar-refractivity contribution is -0.140. The predicted molar refractivity (Wildman–Crippen MR) is 132 cm³/mol. The molecule has 5 nitrogen and oxygen atoms in total. The van der Waals surface area contributed by atoms with E-state index in [2.05, 4.69) is 0 Å². The summed E-state index contributed by atoms with van der Waals surface area (Å²) in [6.07, 6.45) is -1.43. The van der Waals surface area contributed by atoms with Crippen molar-refractivity contribution in [1.29, 1.82) is 0 Å². The summed E-state index contributed by atoms with van der Waals surface area (Å²) in [5.41, 5.74) is -1.23. The van der Waals surface area contributed by atoms with E-state index < -0.39 is 46.8 Å². The average Bonchev–Trinajstić information content (AvgIpc) is 2.90. The van der Waals surface area contributed by atoms with Gasteiger partial charge in [-0.15, -0.1) is 0 Å². The Morgan fingerprint density at radius 1 is 1.00 bits per heavy atom. The molecule has 0 saturated carbocycles. The second kappa shape index (κ2) is 11.7. The Hall–Kier alpha value is -2.89. The molecule has 2 aliphatic rings. The third-order valence-corrected chi connectivity index (χ3v) is 7.71. The fourth-order valence-corrected chi connectivity index (χ4v) is 5.20. The molecular formula is C28H30F6N2O3. The Kier molecular flexibility index (Phi) is 8.72. The molecule has 212 valence electrons. The highest BCUT2D eigenvalue weighted by Gasteiger charge is 2.40. The first-order chi connectivity index (χ1) is 18.4. The molecule has 2 saturated heterocycles. The number of alkyl halides is 3. The highest BCUT2D eigenvalue weighted by Crippen LogP contribution is 2.34. The number of β-amino-alcohol motifs (C(OH)–C–C–N with tert-alkyl or cyclic N) is 1. The number of likely N-dealkylation sites (tertiary alicyclic amines) is 2. The molecule has 1 unspecified atom stereocenters. The highest BCUT2D eigenvalue weighted by molar-refractivity contribution is 5.91. The zero-order chi connectivity index (χ0) is 28.4. The largest absolute Gasteiger partial charge is 0.416 e. The number of rotatable bonds is 6. The number of amides is 1. The Labute approximate surface area is 222 Å². The summed E-state index contributed by atoms with van der Waals surface area (Å²) < 4.78 is 78.2. The van der Waals surface area contributed by atoms with Gasteiger partial charge in [0.2, 0.25) is 5.91 Å². The van der Waals surface area contributed by atoms with Crippen molar-refractivity contribution in [2.24, 2.45) is 0 Å². The molecule has 2 N–H and O–H groups in total. The highest BCUT2D eigenvalue weighted by atomic mass is 19.4. The lowest BCUT2D eigenvalue weighted by Crippen LogP contribution is -2.56. The van der Waals surface area contributed by atoms with Crippen molar-refractivity contribution in [2.45, 2.75) is 49.5 Å². The Morgan fingerprint density at radius 3 is 2.10 bits per heavy atom. The molecule has 2 heterocycles. The fourth-order valence-electron chi connectivity index (χ4n) is 5.20. The van der Waals surface area contributed by atoms with Crippen LogP contribution >= 0.6 is 0 Å². The van der Waals surface area contributed by atoms with Crippen molar-refractivity contribution < 1.29 is 41.4 Å². The second-order valence-electron chi connectivity index (χ2n) is 10.3. The molecule has 0 aromatic heterocycles. The van der Waals surface area contributed by atoms with E-state index in [0.717, 1.165) is 35.9 Å². The molecule has 2 aromatic carbocycles. The van der Waals surface area contributed by atoms with Gasteiger partial charge in [-0.05, 0) is 86.2 Å². The Bertz CT molecular complexity index is 1160. The number of aliphatic hydroxyl groups excluding tert-OH is 1. The summed E-state index contributed by atoms with van der Waals surface area (Å²) >= 11 is 0. The van der Waals surface area contributed by atoms with Gasteiger partial charge in [-0.1, -0.05) is 12.1 Å². The number of carbonyl (C=O) groups is 1. The summed E-state index contributed by atoms with van der Waals surface area (Å²) in [6, 6.07) is 6.77. The number of halogens is 6. The number of nitrogens with zero attached hydrogens (tertiary/aromatic N) is 2. The van der Waals surface area contributed by atoms with Crippen LogP contribution in [0.4, 0.5) is 26.3 Å². The molecule has 0 spiro atoms. The minimum atomic E-state index is -4.37. The number of aliphatic hydroxyl groups is 2. The summed E-state index contributed by atoms with van der Waals surface area (Å²) in [5.74, 6) is -4.63. The van der Waals surface area contributed by atoms with Gasteiger partial charge >= 0.3 is 6.18 Å². The molecule has 4 rings (SSSR count). The van der Waals surface area contributed by atoms with E-state index >= 15 is 0 Å². The van der Waals surface area contributed by atoms with Crippen molar-refractivity contribution in [3.8, 4) is 0 Å². The number of carbonyl (C=O) groups excluding carboxylic acids is 1. The van der Waals surface area contributed by atoms with Crippen molar-refractivity contribution in [2.75, 3.05) is 32.7 Å². The SMILES string of the molecule is O=C(/C=C/c1cc(F)c(F)c(F)c1)N1CCC(O)(C(O)CN2CCC(c3ccc(C(F)(F)F)cc3)CC2)CC1. The number of benzene rings is 2. The van der Waals surface area contributed by atoms with Crippen LogP contribution < -0.4 is 0 Å². The number of piperidine rings is 2. The molecule has 2 aromatic rings. The van der Waals surface area contributed by atoms with Crippen molar-refractivity contribution in [3.05, 3.63) is 76.6 Å². The Morgan fingerprint density at radius 2 is 1.56 bits per heavy atom. The zero-order valence-electron chi connectivity index (χ0n) is 21.1. The van der Waals surface area contributed by atoms with Crippen LogP contribution in [-0.2, 0) is 11.0 Å². The minimum Gasteiger partial charge on any atom is -0.389 e. The standard InChI is InChI=1S/C28H30F6N2O3/c29-22-15-18(16-23(30)26(22)31)1-6-25(38)36-13-9-27(39,10-14-36)24(37)17-35-11-7-20(8-12-35)19-2-4-21(5-3-19)28(32,33)34/h1-6,15-16,20,24,37,39H,7-14,17H2/b6-1+. The van der Waals surface area contributed by atoms with Crippen LogP contribution in [-0.4, -0.2) is 70.3 Å². The minimum absolute atomic E-state index is 0.00854. The fraction of sp³-hybridized carbons (Fsp3) is 0.464. The first-order valence-electron chi connectivity index (χ1n) is 12.8. The molecule has 0 bridgehead atoms. The first kappa shape index (κ1) is 29.1. The smallest absolute Gasteiger partial charge is 0.389 e. The van der Waals surface area contributed by atoms with E-state index in [1.807, 2.05) is 4.90 Å². The molecule has 0 aliphatic carbocycles. The number of hydrogen-bond donors (Lipinski definition) is 2. The molecule has 1 atom stereocenters. The summed E-state index contributed by atoms with van der Waals surface area (Å²) in [4.78, 5) is 16.0. The third kappa shape index (κ3) is 7.01. The van der Waals surface area contributed by atoms with Gasteiger partial charge in [0, 0.05) is 25.7 Å². The quantitative estimate of drug-likeness (QED) is 0.307. The van der Waals surface area contributed by atoms with Crippen LogP contribution in [0.2, 0.25) is 0 Å². The summed E-state index contributed by atoms with van der Waals surface area (Å²) in [5, 5.41) is 21.9. The lowest BCUT2D eigenvalue weighted by atomic mass is 9.84. The zero-order valence-corrected chi connectivity index (χ0v) is 21.1. The first-order valence-corrected chi connectivity index (χ1v) is 12.8. The van der Waals surface area contributed by atoms with Gasteiger partial charge in [-0.25, -0.2) is 13.2 Å². The average molecular weight is 557 g/mol.